The molecule has 0 radical (unpaired) electrons. The lowest BCUT2D eigenvalue weighted by Gasteiger charge is -2.42. The maximum absolute atomic E-state index is 12.7. The highest BCUT2D eigenvalue weighted by molar-refractivity contribution is 5.92. The zero-order chi connectivity index (χ0) is 18.3. The number of nitrogens with one attached hydrogen (secondary N) is 1. The number of aryl methyl sites for hydroxylation is 2. The summed E-state index contributed by atoms with van der Waals surface area (Å²) in [6, 6.07) is 0. The minimum atomic E-state index is -0.296. The number of aromatic nitrogens is 4. The van der Waals surface area contributed by atoms with Crippen LogP contribution >= 0.6 is 0 Å². The molecular weight excluding hydrogens is 332 g/mol. The van der Waals surface area contributed by atoms with Crippen LogP contribution in [0.25, 0.3) is 0 Å². The van der Waals surface area contributed by atoms with E-state index in [0.717, 1.165) is 24.1 Å². The number of nitrogens with zero attached hydrogens (tertiary/aromatic N) is 5. The zero-order valence-corrected chi connectivity index (χ0v) is 15.0. The quantitative estimate of drug-likeness (QED) is 0.861. The average Bonchev–Trinajstić information content (AvgIpc) is 3.19. The molecule has 8 heteroatoms. The van der Waals surface area contributed by atoms with Crippen molar-refractivity contribution in [3.05, 3.63) is 41.7 Å². The lowest BCUT2D eigenvalue weighted by atomic mass is 9.75. The first-order valence-electron chi connectivity index (χ1n) is 8.84. The summed E-state index contributed by atoms with van der Waals surface area (Å²) in [5.74, 6) is 0.0674. The molecule has 136 valence electrons. The molecule has 2 aromatic heterocycles. The number of piperidine rings is 1. The Labute approximate surface area is 151 Å². The van der Waals surface area contributed by atoms with E-state index in [0.29, 0.717) is 25.2 Å². The highest BCUT2D eigenvalue weighted by atomic mass is 16.2. The van der Waals surface area contributed by atoms with Gasteiger partial charge in [0.25, 0.3) is 5.91 Å². The van der Waals surface area contributed by atoms with Gasteiger partial charge in [-0.2, -0.15) is 5.10 Å². The fourth-order valence-electron chi connectivity index (χ4n) is 4.10. The van der Waals surface area contributed by atoms with E-state index in [2.05, 4.69) is 20.4 Å². The Kier molecular flexibility index (Phi) is 3.97. The monoisotopic (exact) mass is 354 g/mol. The number of carbonyl (C=O) groups is 2. The summed E-state index contributed by atoms with van der Waals surface area (Å²) < 4.78 is 1.76. The molecule has 2 aromatic rings. The molecule has 4 heterocycles. The largest absolute Gasteiger partial charge is 0.350 e. The van der Waals surface area contributed by atoms with Gasteiger partial charge in [0.05, 0.1) is 23.6 Å². The van der Waals surface area contributed by atoms with Gasteiger partial charge in [0.1, 0.15) is 5.69 Å². The van der Waals surface area contributed by atoms with Crippen molar-refractivity contribution in [2.45, 2.75) is 37.6 Å². The zero-order valence-electron chi connectivity index (χ0n) is 15.0. The first-order chi connectivity index (χ1) is 12.5. The van der Waals surface area contributed by atoms with E-state index in [1.54, 1.807) is 15.8 Å². The van der Waals surface area contributed by atoms with Gasteiger partial charge in [-0.25, -0.2) is 4.98 Å². The van der Waals surface area contributed by atoms with Crippen LogP contribution in [0.5, 0.6) is 0 Å². The molecule has 26 heavy (non-hydrogen) atoms. The third-order valence-corrected chi connectivity index (χ3v) is 5.52. The van der Waals surface area contributed by atoms with Crippen LogP contribution in [0.2, 0.25) is 0 Å². The van der Waals surface area contributed by atoms with Crippen molar-refractivity contribution in [3.63, 3.8) is 0 Å². The van der Waals surface area contributed by atoms with E-state index >= 15 is 0 Å². The lowest BCUT2D eigenvalue weighted by Crippen LogP contribution is -2.54. The SMILES string of the molecule is Cc1cnc(C(=O)N2CCC3(CC2)NC(=O)CC3c2cnn(C)c2)cn1. The number of carbonyl (C=O) groups excluding carboxylic acids is 2. The van der Waals surface area contributed by atoms with Crippen molar-refractivity contribution in [2.24, 2.45) is 7.05 Å². The normalized spacial score (nSPS) is 21.8. The Bertz CT molecular complexity index is 836. The maximum atomic E-state index is 12.7. The van der Waals surface area contributed by atoms with Crippen LogP contribution in [-0.2, 0) is 11.8 Å². The van der Waals surface area contributed by atoms with Crippen molar-refractivity contribution >= 4 is 11.8 Å². The molecule has 0 bridgehead atoms. The van der Waals surface area contributed by atoms with Crippen LogP contribution in [0.4, 0.5) is 0 Å². The number of hydrogen-bond donors (Lipinski definition) is 1. The van der Waals surface area contributed by atoms with Crippen molar-refractivity contribution in [3.8, 4) is 0 Å². The minimum Gasteiger partial charge on any atom is -0.350 e. The summed E-state index contributed by atoms with van der Waals surface area (Å²) in [6.07, 6.45) is 8.88. The molecule has 8 nitrogen and oxygen atoms in total. The Morgan fingerprint density at radius 3 is 2.62 bits per heavy atom. The van der Waals surface area contributed by atoms with E-state index in [4.69, 9.17) is 0 Å². The summed E-state index contributed by atoms with van der Waals surface area (Å²) in [7, 11) is 1.88. The third-order valence-electron chi connectivity index (χ3n) is 5.52. The van der Waals surface area contributed by atoms with Gasteiger partial charge in [0.15, 0.2) is 0 Å². The molecule has 2 amide bonds. The van der Waals surface area contributed by atoms with Crippen LogP contribution < -0.4 is 5.32 Å². The third kappa shape index (κ3) is 2.85. The van der Waals surface area contributed by atoms with Crippen molar-refractivity contribution in [1.29, 1.82) is 0 Å². The molecule has 2 fully saturated rings. The van der Waals surface area contributed by atoms with E-state index < -0.39 is 0 Å². The summed E-state index contributed by atoms with van der Waals surface area (Å²) in [5.41, 5.74) is 1.93. The van der Waals surface area contributed by atoms with Crippen molar-refractivity contribution in [1.82, 2.24) is 30.0 Å². The molecule has 0 aliphatic carbocycles. The fourth-order valence-corrected chi connectivity index (χ4v) is 4.10. The summed E-state index contributed by atoms with van der Waals surface area (Å²) in [6.45, 7) is 3.02. The van der Waals surface area contributed by atoms with Crippen LogP contribution in [-0.4, -0.2) is 55.1 Å². The molecule has 1 unspecified atom stereocenters. The second-order valence-corrected chi connectivity index (χ2v) is 7.24. The first-order valence-corrected chi connectivity index (χ1v) is 8.84. The van der Waals surface area contributed by atoms with E-state index in [-0.39, 0.29) is 23.3 Å². The van der Waals surface area contributed by atoms with Gasteiger partial charge in [-0.3, -0.25) is 19.3 Å². The Balaban J connectivity index is 1.50. The minimum absolute atomic E-state index is 0.0723. The summed E-state index contributed by atoms with van der Waals surface area (Å²) in [4.78, 5) is 34.9. The summed E-state index contributed by atoms with van der Waals surface area (Å²) >= 11 is 0. The topological polar surface area (TPSA) is 93.0 Å². The standard InChI is InChI=1S/C18H22N6O2/c1-12-8-20-15(10-19-12)17(26)24-5-3-18(4-6-24)14(7-16(25)22-18)13-9-21-23(2)11-13/h8-11,14H,3-7H2,1-2H3,(H,22,25). The molecule has 2 aliphatic heterocycles. The number of likely N-dealkylation sites (tertiary alicyclic amines) is 1. The maximum Gasteiger partial charge on any atom is 0.274 e. The molecule has 1 atom stereocenters. The van der Waals surface area contributed by atoms with E-state index in [9.17, 15) is 9.59 Å². The van der Waals surface area contributed by atoms with Gasteiger partial charge in [-0.05, 0) is 25.3 Å². The molecule has 4 rings (SSSR count). The van der Waals surface area contributed by atoms with Gasteiger partial charge in [-0.1, -0.05) is 0 Å². The van der Waals surface area contributed by atoms with Crippen LogP contribution in [0.3, 0.4) is 0 Å². The van der Waals surface area contributed by atoms with Crippen molar-refractivity contribution in [2.75, 3.05) is 13.1 Å². The molecule has 0 saturated carbocycles. The molecule has 1 spiro atoms. The Morgan fingerprint density at radius 2 is 2.00 bits per heavy atom. The molecular formula is C18H22N6O2. The Morgan fingerprint density at radius 1 is 1.23 bits per heavy atom. The van der Waals surface area contributed by atoms with Gasteiger partial charge in [0.2, 0.25) is 5.91 Å². The molecule has 2 aliphatic rings. The fraction of sp³-hybridized carbons (Fsp3) is 0.500. The molecule has 2 saturated heterocycles. The van der Waals surface area contributed by atoms with Crippen LogP contribution in [0.1, 0.15) is 46.9 Å². The van der Waals surface area contributed by atoms with Gasteiger partial charge >= 0.3 is 0 Å². The van der Waals surface area contributed by atoms with Crippen LogP contribution in [0, 0.1) is 6.92 Å². The first kappa shape index (κ1) is 16.7. The average molecular weight is 354 g/mol. The van der Waals surface area contributed by atoms with E-state index in [1.807, 2.05) is 26.4 Å². The number of amides is 2. The second kappa shape index (κ2) is 6.19. The molecule has 0 aromatic carbocycles. The number of hydrogen-bond acceptors (Lipinski definition) is 5. The molecule has 1 N–H and O–H groups in total. The van der Waals surface area contributed by atoms with Gasteiger partial charge in [-0.15, -0.1) is 0 Å². The predicted octanol–water partition coefficient (Wildman–Crippen LogP) is 0.797. The van der Waals surface area contributed by atoms with Crippen LogP contribution in [0.15, 0.2) is 24.8 Å². The van der Waals surface area contributed by atoms with Gasteiger partial charge < -0.3 is 10.2 Å². The predicted molar refractivity (Wildman–Crippen MR) is 93.3 cm³/mol. The lowest BCUT2D eigenvalue weighted by molar-refractivity contribution is -0.120. The summed E-state index contributed by atoms with van der Waals surface area (Å²) in [5, 5.41) is 7.44. The van der Waals surface area contributed by atoms with E-state index in [1.165, 1.54) is 6.20 Å². The van der Waals surface area contributed by atoms with Gasteiger partial charge in [0, 0.05) is 44.9 Å². The van der Waals surface area contributed by atoms with Crippen molar-refractivity contribution < 1.29 is 9.59 Å². The highest BCUT2D eigenvalue weighted by Crippen LogP contribution is 2.43. The smallest absolute Gasteiger partial charge is 0.274 e. The Hall–Kier alpha value is -2.77. The number of rotatable bonds is 2. The second-order valence-electron chi connectivity index (χ2n) is 7.24. The highest BCUT2D eigenvalue weighted by Gasteiger charge is 2.49.